The summed E-state index contributed by atoms with van der Waals surface area (Å²) in [5.41, 5.74) is 3.68. The highest BCUT2D eigenvalue weighted by molar-refractivity contribution is 5.90. The second-order valence-electron chi connectivity index (χ2n) is 7.86. The van der Waals surface area contributed by atoms with Gasteiger partial charge in [-0.15, -0.1) is 0 Å². The molecule has 8 nitrogen and oxygen atoms in total. The van der Waals surface area contributed by atoms with Crippen molar-refractivity contribution < 1.29 is 23.7 Å². The van der Waals surface area contributed by atoms with Crippen molar-refractivity contribution in [3.05, 3.63) is 78.0 Å². The van der Waals surface area contributed by atoms with Crippen LogP contribution in [-0.4, -0.2) is 46.0 Å². The lowest BCUT2D eigenvalue weighted by molar-refractivity contribution is 0.252. The molecule has 3 aromatic carbocycles. The number of carbonyl (C=O) groups excluding carboxylic acids is 1. The zero-order valence-corrected chi connectivity index (χ0v) is 20.2. The smallest absolute Gasteiger partial charge is 0.319 e. The third kappa shape index (κ3) is 5.11. The first-order chi connectivity index (χ1) is 17.1. The topological polar surface area (TPSA) is 93.8 Å². The largest absolute Gasteiger partial charge is 0.493 e. The van der Waals surface area contributed by atoms with E-state index < -0.39 is 0 Å². The van der Waals surface area contributed by atoms with E-state index in [1.54, 1.807) is 46.6 Å². The molecule has 3 N–H and O–H groups in total. The first kappa shape index (κ1) is 23.8. The van der Waals surface area contributed by atoms with Crippen LogP contribution in [0.5, 0.6) is 23.0 Å². The number of fused-ring (bicyclic) bond motifs is 1. The summed E-state index contributed by atoms with van der Waals surface area (Å²) in [7, 11) is 6.33. The van der Waals surface area contributed by atoms with Gasteiger partial charge in [-0.3, -0.25) is 0 Å². The van der Waals surface area contributed by atoms with Crippen LogP contribution in [0.1, 0.15) is 17.0 Å². The van der Waals surface area contributed by atoms with E-state index in [1.165, 1.54) is 0 Å². The summed E-state index contributed by atoms with van der Waals surface area (Å²) in [4.78, 5) is 16.1. The standard InChI is InChI=1S/C27H29N3O5/c1-32-23-11-9-17(13-25(23)34-3)20(21-16-28-22-8-6-5-7-19(21)22)15-29-27(31)30-18-10-12-24(33-2)26(14-18)35-4/h5-14,16,20,28H,15H2,1-4H3,(H2,29,30,31)/t20-/m1/s1. The number of anilines is 1. The number of methoxy groups -OCH3 is 4. The van der Waals surface area contributed by atoms with Crippen molar-refractivity contribution >= 4 is 22.6 Å². The van der Waals surface area contributed by atoms with Crippen LogP contribution in [0.4, 0.5) is 10.5 Å². The van der Waals surface area contributed by atoms with Gasteiger partial charge in [-0.1, -0.05) is 24.3 Å². The molecule has 0 spiro atoms. The molecular formula is C27H29N3O5. The quantitative estimate of drug-likeness (QED) is 0.311. The average Bonchev–Trinajstić information content (AvgIpc) is 3.32. The second-order valence-corrected chi connectivity index (χ2v) is 7.86. The molecule has 0 aliphatic heterocycles. The van der Waals surface area contributed by atoms with Gasteiger partial charge in [-0.05, 0) is 41.5 Å². The van der Waals surface area contributed by atoms with Gasteiger partial charge in [-0.2, -0.15) is 0 Å². The van der Waals surface area contributed by atoms with E-state index in [0.29, 0.717) is 35.2 Å². The lowest BCUT2D eigenvalue weighted by Crippen LogP contribution is -2.32. The zero-order chi connectivity index (χ0) is 24.8. The normalized spacial score (nSPS) is 11.5. The highest BCUT2D eigenvalue weighted by atomic mass is 16.5. The highest BCUT2D eigenvalue weighted by Gasteiger charge is 2.21. The van der Waals surface area contributed by atoms with Gasteiger partial charge in [0.1, 0.15) is 0 Å². The van der Waals surface area contributed by atoms with Crippen molar-refractivity contribution in [3.8, 4) is 23.0 Å². The first-order valence-electron chi connectivity index (χ1n) is 11.1. The molecule has 182 valence electrons. The zero-order valence-electron chi connectivity index (χ0n) is 20.2. The Morgan fingerprint density at radius 2 is 1.49 bits per heavy atom. The van der Waals surface area contributed by atoms with Crippen LogP contribution in [0, 0.1) is 0 Å². The van der Waals surface area contributed by atoms with E-state index in [0.717, 1.165) is 22.0 Å². The SMILES string of the molecule is COc1ccc(NC(=O)NC[C@H](c2ccc(OC)c(OC)c2)c2c[nH]c3ccccc23)cc1OC. The predicted octanol–water partition coefficient (Wildman–Crippen LogP) is 5.16. The predicted molar refractivity (Wildman–Crippen MR) is 136 cm³/mol. The number of carbonyl (C=O) groups is 1. The molecule has 0 saturated heterocycles. The van der Waals surface area contributed by atoms with Crippen LogP contribution in [0.3, 0.4) is 0 Å². The lowest BCUT2D eigenvalue weighted by Gasteiger charge is -2.20. The molecule has 0 bridgehead atoms. The van der Waals surface area contributed by atoms with Crippen LogP contribution in [-0.2, 0) is 0 Å². The molecule has 0 aliphatic carbocycles. The fourth-order valence-electron chi connectivity index (χ4n) is 4.14. The molecule has 1 aromatic heterocycles. The lowest BCUT2D eigenvalue weighted by atomic mass is 9.90. The Hall–Kier alpha value is -4.33. The van der Waals surface area contributed by atoms with E-state index in [-0.39, 0.29) is 11.9 Å². The maximum Gasteiger partial charge on any atom is 0.319 e. The van der Waals surface area contributed by atoms with Gasteiger partial charge >= 0.3 is 6.03 Å². The number of hydrogen-bond donors (Lipinski definition) is 3. The minimum absolute atomic E-state index is 0.137. The molecule has 0 unspecified atom stereocenters. The Labute approximate surface area is 204 Å². The number of para-hydroxylation sites is 1. The van der Waals surface area contributed by atoms with E-state index >= 15 is 0 Å². The Kier molecular flexibility index (Phi) is 7.30. The molecule has 35 heavy (non-hydrogen) atoms. The van der Waals surface area contributed by atoms with E-state index in [1.807, 2.05) is 42.6 Å². The molecule has 8 heteroatoms. The molecule has 0 radical (unpaired) electrons. The Balaban J connectivity index is 1.59. The third-order valence-electron chi connectivity index (χ3n) is 5.91. The van der Waals surface area contributed by atoms with Gasteiger partial charge in [0.05, 0.1) is 28.4 Å². The molecule has 0 aliphatic rings. The number of urea groups is 1. The number of amides is 2. The summed E-state index contributed by atoms with van der Waals surface area (Å²) in [5, 5.41) is 6.96. The molecule has 1 atom stereocenters. The van der Waals surface area contributed by atoms with Gasteiger partial charge in [0.2, 0.25) is 0 Å². The number of nitrogens with one attached hydrogen (secondary N) is 3. The van der Waals surface area contributed by atoms with Crippen LogP contribution in [0.2, 0.25) is 0 Å². The Morgan fingerprint density at radius 1 is 0.829 bits per heavy atom. The van der Waals surface area contributed by atoms with Crippen molar-refractivity contribution in [2.45, 2.75) is 5.92 Å². The molecule has 0 saturated carbocycles. The Morgan fingerprint density at radius 3 is 2.20 bits per heavy atom. The minimum atomic E-state index is -0.331. The molecule has 4 rings (SSSR count). The molecular weight excluding hydrogens is 446 g/mol. The van der Waals surface area contributed by atoms with Crippen molar-refractivity contribution in [3.63, 3.8) is 0 Å². The summed E-state index contributed by atoms with van der Waals surface area (Å²) in [6.07, 6.45) is 1.99. The monoisotopic (exact) mass is 475 g/mol. The van der Waals surface area contributed by atoms with Crippen molar-refractivity contribution in [1.82, 2.24) is 10.3 Å². The highest BCUT2D eigenvalue weighted by Crippen LogP contribution is 2.36. The number of aromatic amines is 1. The fraction of sp³-hybridized carbons (Fsp3) is 0.222. The van der Waals surface area contributed by atoms with Crippen LogP contribution >= 0.6 is 0 Å². The van der Waals surface area contributed by atoms with Crippen molar-refractivity contribution in [1.29, 1.82) is 0 Å². The van der Waals surface area contributed by atoms with Gasteiger partial charge in [0.25, 0.3) is 0 Å². The van der Waals surface area contributed by atoms with E-state index in [2.05, 4.69) is 21.7 Å². The fourth-order valence-corrected chi connectivity index (χ4v) is 4.14. The second kappa shape index (κ2) is 10.7. The van der Waals surface area contributed by atoms with E-state index in [9.17, 15) is 4.79 Å². The first-order valence-corrected chi connectivity index (χ1v) is 11.1. The van der Waals surface area contributed by atoms with Gasteiger partial charge in [0.15, 0.2) is 23.0 Å². The summed E-state index contributed by atoms with van der Waals surface area (Å²) in [6.45, 7) is 0.358. The molecule has 1 heterocycles. The number of H-pyrrole nitrogens is 1. The molecule has 2 amide bonds. The summed E-state index contributed by atoms with van der Waals surface area (Å²) < 4.78 is 21.5. The summed E-state index contributed by atoms with van der Waals surface area (Å²) in [6, 6.07) is 18.8. The van der Waals surface area contributed by atoms with Crippen molar-refractivity contribution in [2.75, 3.05) is 40.3 Å². The number of ether oxygens (including phenoxy) is 4. The van der Waals surface area contributed by atoms with Crippen LogP contribution < -0.4 is 29.6 Å². The van der Waals surface area contributed by atoms with Crippen LogP contribution in [0.25, 0.3) is 10.9 Å². The van der Waals surface area contributed by atoms with Gasteiger partial charge in [-0.25, -0.2) is 4.79 Å². The molecule has 4 aromatic rings. The van der Waals surface area contributed by atoms with Gasteiger partial charge < -0.3 is 34.6 Å². The average molecular weight is 476 g/mol. The number of hydrogen-bond acceptors (Lipinski definition) is 5. The third-order valence-corrected chi connectivity index (χ3v) is 5.91. The van der Waals surface area contributed by atoms with Gasteiger partial charge in [0, 0.05) is 41.3 Å². The maximum atomic E-state index is 12.8. The minimum Gasteiger partial charge on any atom is -0.493 e. The van der Waals surface area contributed by atoms with Crippen molar-refractivity contribution in [2.24, 2.45) is 0 Å². The molecule has 0 fully saturated rings. The number of rotatable bonds is 9. The Bertz CT molecular complexity index is 1320. The maximum absolute atomic E-state index is 12.8. The number of benzene rings is 3. The van der Waals surface area contributed by atoms with E-state index in [4.69, 9.17) is 18.9 Å². The summed E-state index contributed by atoms with van der Waals surface area (Å²) in [5.74, 6) is 2.26. The summed E-state index contributed by atoms with van der Waals surface area (Å²) >= 11 is 0. The van der Waals surface area contributed by atoms with Crippen LogP contribution in [0.15, 0.2) is 66.9 Å². The number of aromatic nitrogens is 1.